The highest BCUT2D eigenvalue weighted by Crippen LogP contribution is 2.03. The molecular weight excluding hydrogens is 105 g/mol. The van der Waals surface area contributed by atoms with Gasteiger partial charge in [-0.3, -0.25) is 0 Å². The first kappa shape index (κ1) is 5.15. The third kappa shape index (κ3) is 0.663. The summed E-state index contributed by atoms with van der Waals surface area (Å²) in [5.41, 5.74) is 0.785. The van der Waals surface area contributed by atoms with Crippen LogP contribution in [0.3, 0.4) is 0 Å². The molecule has 8 heavy (non-hydrogen) atoms. The minimum absolute atomic E-state index is 0.699. The molecule has 0 aliphatic rings. The molecule has 0 aromatic carbocycles. The second-order valence-electron chi connectivity index (χ2n) is 1.45. The fraction of sp³-hybridized carbons (Fsp3) is 0.333. The molecule has 4 nitrogen and oxygen atoms in total. The average molecular weight is 111 g/mol. The van der Waals surface area contributed by atoms with E-state index in [1.54, 1.807) is 7.98 Å². The first-order chi connectivity index (χ1) is 3.84. The maximum absolute atomic E-state index is 4.37. The molecule has 0 radical (unpaired) electrons. The Hall–Kier alpha value is -0.995. The Labute approximate surface area is 47.7 Å². The maximum Gasteiger partial charge on any atom is 0.216 e. The standard InChI is InChI=1S/C3H6BN3O/c1-2-3(5-4)7-8-6-2/h4H2,1H3,(H,5,7). The number of aromatic nitrogens is 2. The Morgan fingerprint density at radius 1 is 1.62 bits per heavy atom. The van der Waals surface area contributed by atoms with Gasteiger partial charge in [-0.2, -0.15) is 0 Å². The van der Waals surface area contributed by atoms with E-state index in [2.05, 4.69) is 20.2 Å². The van der Waals surface area contributed by atoms with E-state index in [1.165, 1.54) is 0 Å². The lowest BCUT2D eigenvalue weighted by Crippen LogP contribution is -1.91. The smallest absolute Gasteiger partial charge is 0.216 e. The van der Waals surface area contributed by atoms with Gasteiger partial charge in [0.1, 0.15) is 5.69 Å². The van der Waals surface area contributed by atoms with Gasteiger partial charge in [0.25, 0.3) is 0 Å². The van der Waals surface area contributed by atoms with E-state index in [4.69, 9.17) is 0 Å². The van der Waals surface area contributed by atoms with Gasteiger partial charge in [-0.05, 0) is 12.1 Å². The molecule has 5 heteroatoms. The number of hydrogen-bond donors (Lipinski definition) is 1. The molecule has 0 saturated carbocycles. The molecule has 1 N–H and O–H groups in total. The summed E-state index contributed by atoms with van der Waals surface area (Å²) in [6.07, 6.45) is 0. The first-order valence-electron chi connectivity index (χ1n) is 2.31. The van der Waals surface area contributed by atoms with Gasteiger partial charge in [0.2, 0.25) is 7.98 Å². The highest BCUT2D eigenvalue weighted by molar-refractivity contribution is 6.15. The molecule has 0 aliphatic heterocycles. The van der Waals surface area contributed by atoms with Crippen LogP contribution in [0, 0.1) is 6.92 Å². The number of aryl methyl sites for hydroxylation is 1. The van der Waals surface area contributed by atoms with Crippen LogP contribution in [0.1, 0.15) is 5.69 Å². The Balaban J connectivity index is 2.92. The van der Waals surface area contributed by atoms with Gasteiger partial charge in [-0.15, -0.1) is 0 Å². The quantitative estimate of drug-likeness (QED) is 0.488. The first-order valence-corrected chi connectivity index (χ1v) is 2.31. The van der Waals surface area contributed by atoms with E-state index in [9.17, 15) is 0 Å². The van der Waals surface area contributed by atoms with Gasteiger partial charge in [0, 0.05) is 0 Å². The molecule has 42 valence electrons. The zero-order valence-electron chi connectivity index (χ0n) is 4.80. The van der Waals surface area contributed by atoms with Crippen LogP contribution in [0.15, 0.2) is 4.63 Å². The van der Waals surface area contributed by atoms with Crippen molar-refractivity contribution < 1.29 is 4.63 Å². The van der Waals surface area contributed by atoms with Crippen molar-refractivity contribution >= 4 is 13.8 Å². The van der Waals surface area contributed by atoms with Gasteiger partial charge in [0.05, 0.1) is 0 Å². The summed E-state index contributed by atoms with van der Waals surface area (Å²) in [5.74, 6) is 0.699. The van der Waals surface area contributed by atoms with Gasteiger partial charge < -0.3 is 5.23 Å². The summed E-state index contributed by atoms with van der Waals surface area (Å²) in [5, 5.41) is 9.88. The van der Waals surface area contributed by atoms with Crippen LogP contribution in [0.5, 0.6) is 0 Å². The Morgan fingerprint density at radius 3 is 2.62 bits per heavy atom. The van der Waals surface area contributed by atoms with Crippen molar-refractivity contribution in [2.45, 2.75) is 6.92 Å². The molecular formula is C3H6BN3O. The predicted octanol–water partition coefficient (Wildman–Crippen LogP) is -0.662. The molecule has 0 spiro atoms. The van der Waals surface area contributed by atoms with E-state index >= 15 is 0 Å². The maximum atomic E-state index is 4.37. The number of hydrogen-bond acceptors (Lipinski definition) is 4. The van der Waals surface area contributed by atoms with Crippen LogP contribution < -0.4 is 5.23 Å². The van der Waals surface area contributed by atoms with Crippen LogP contribution in [-0.4, -0.2) is 18.3 Å². The monoisotopic (exact) mass is 111 g/mol. The SMILES string of the molecule is BNc1nonc1C. The summed E-state index contributed by atoms with van der Waals surface area (Å²) in [7, 11) is 1.77. The Bertz CT molecular complexity index is 175. The lowest BCUT2D eigenvalue weighted by molar-refractivity contribution is 0.306. The summed E-state index contributed by atoms with van der Waals surface area (Å²) >= 11 is 0. The van der Waals surface area contributed by atoms with Crippen LogP contribution in [0.4, 0.5) is 5.82 Å². The van der Waals surface area contributed by atoms with Gasteiger partial charge in [-0.25, -0.2) is 4.63 Å². The topological polar surface area (TPSA) is 51.0 Å². The zero-order valence-corrected chi connectivity index (χ0v) is 4.80. The van der Waals surface area contributed by atoms with Crippen LogP contribution >= 0.6 is 0 Å². The van der Waals surface area contributed by atoms with E-state index in [1.807, 2.05) is 6.92 Å². The van der Waals surface area contributed by atoms with E-state index in [0.717, 1.165) is 5.69 Å². The van der Waals surface area contributed by atoms with E-state index in [-0.39, 0.29) is 0 Å². The van der Waals surface area contributed by atoms with Crippen molar-refractivity contribution in [3.63, 3.8) is 0 Å². The summed E-state index contributed by atoms with van der Waals surface area (Å²) < 4.78 is 4.37. The van der Waals surface area contributed by atoms with Crippen molar-refractivity contribution in [1.29, 1.82) is 0 Å². The molecule has 0 atom stereocenters. The van der Waals surface area contributed by atoms with Crippen molar-refractivity contribution in [3.05, 3.63) is 5.69 Å². The van der Waals surface area contributed by atoms with Crippen molar-refractivity contribution in [2.75, 3.05) is 5.23 Å². The summed E-state index contributed by atoms with van der Waals surface area (Å²) in [4.78, 5) is 0. The highest BCUT2D eigenvalue weighted by Gasteiger charge is 1.97. The van der Waals surface area contributed by atoms with Gasteiger partial charge in [0.15, 0.2) is 5.82 Å². The normalized spacial score (nSPS) is 9.12. The molecule has 0 amide bonds. The minimum atomic E-state index is 0.699. The Morgan fingerprint density at radius 2 is 2.38 bits per heavy atom. The van der Waals surface area contributed by atoms with Gasteiger partial charge in [-0.1, -0.05) is 5.16 Å². The number of nitrogens with zero attached hydrogens (tertiary/aromatic N) is 2. The van der Waals surface area contributed by atoms with Crippen molar-refractivity contribution in [3.8, 4) is 0 Å². The number of nitrogens with one attached hydrogen (secondary N) is 1. The van der Waals surface area contributed by atoms with Crippen molar-refractivity contribution in [2.24, 2.45) is 0 Å². The van der Waals surface area contributed by atoms with E-state index < -0.39 is 0 Å². The van der Waals surface area contributed by atoms with Crippen molar-refractivity contribution in [1.82, 2.24) is 10.3 Å². The second kappa shape index (κ2) is 1.86. The second-order valence-corrected chi connectivity index (χ2v) is 1.45. The molecule has 1 aromatic heterocycles. The third-order valence-electron chi connectivity index (χ3n) is 0.889. The predicted molar refractivity (Wildman–Crippen MR) is 31.2 cm³/mol. The molecule has 0 bridgehead atoms. The third-order valence-corrected chi connectivity index (χ3v) is 0.889. The molecule has 1 aromatic rings. The highest BCUT2D eigenvalue weighted by atomic mass is 16.6. The summed E-state index contributed by atoms with van der Waals surface area (Å²) in [6.45, 7) is 1.82. The van der Waals surface area contributed by atoms with E-state index in [0.29, 0.717) is 5.82 Å². The largest absolute Gasteiger partial charge is 0.415 e. The fourth-order valence-electron chi connectivity index (χ4n) is 0.458. The molecule has 0 unspecified atom stereocenters. The lowest BCUT2D eigenvalue weighted by atomic mass is 10.4. The van der Waals surface area contributed by atoms with Gasteiger partial charge >= 0.3 is 0 Å². The molecule has 1 heterocycles. The molecule has 1 rings (SSSR count). The Kier molecular flexibility index (Phi) is 1.19. The fourth-order valence-corrected chi connectivity index (χ4v) is 0.458. The minimum Gasteiger partial charge on any atom is -0.415 e. The van der Waals surface area contributed by atoms with Crippen LogP contribution in [0.2, 0.25) is 0 Å². The molecule has 0 aliphatic carbocycles. The number of rotatable bonds is 1. The lowest BCUT2D eigenvalue weighted by Gasteiger charge is -1.86. The van der Waals surface area contributed by atoms with Crippen LogP contribution in [-0.2, 0) is 0 Å². The average Bonchev–Trinajstić information content (AvgIpc) is 2.14. The zero-order chi connectivity index (χ0) is 5.98. The number of anilines is 1. The summed E-state index contributed by atoms with van der Waals surface area (Å²) in [6, 6.07) is 0. The molecule has 0 saturated heterocycles. The molecule has 0 fully saturated rings. The van der Waals surface area contributed by atoms with Crippen LogP contribution in [0.25, 0.3) is 0 Å².